The number of aromatic nitrogens is 3. The Morgan fingerprint density at radius 2 is 1.18 bits per heavy atom. The molecule has 0 amide bonds. The van der Waals surface area contributed by atoms with Crippen LogP contribution in [0.5, 0.6) is 5.88 Å². The Balaban J connectivity index is 1.32. The van der Waals surface area contributed by atoms with Crippen molar-refractivity contribution in [2.45, 2.75) is 38.8 Å². The molecule has 0 bridgehead atoms. The molecule has 1 N–H and O–H groups in total. The second-order valence-electron chi connectivity index (χ2n) is 10.7. The molecule has 3 aromatic carbocycles. The highest BCUT2D eigenvalue weighted by atomic mass is 32.1. The van der Waals surface area contributed by atoms with Crippen LogP contribution in [0.3, 0.4) is 0 Å². The molecule has 0 spiro atoms. The van der Waals surface area contributed by atoms with Crippen LogP contribution < -0.4 is 0 Å². The number of piperazine rings is 1. The number of thiazole rings is 1. The van der Waals surface area contributed by atoms with Crippen molar-refractivity contribution in [2.75, 3.05) is 26.2 Å². The largest absolute Gasteiger partial charge is 0.492 e. The van der Waals surface area contributed by atoms with E-state index in [1.807, 2.05) is 6.92 Å². The van der Waals surface area contributed by atoms with Gasteiger partial charge in [0.2, 0.25) is 10.8 Å². The van der Waals surface area contributed by atoms with Gasteiger partial charge in [-0.25, -0.2) is 4.98 Å². The quantitative estimate of drug-likeness (QED) is 0.259. The predicted molar refractivity (Wildman–Crippen MR) is 158 cm³/mol. The van der Waals surface area contributed by atoms with Crippen molar-refractivity contribution in [1.29, 1.82) is 0 Å². The van der Waals surface area contributed by atoms with Gasteiger partial charge in [-0.2, -0.15) is 4.52 Å². The van der Waals surface area contributed by atoms with Crippen LogP contribution in [0.4, 0.5) is 0 Å². The monoisotopic (exact) mass is 537 g/mol. The lowest BCUT2D eigenvalue weighted by Crippen LogP contribution is -2.49. The summed E-state index contributed by atoms with van der Waals surface area (Å²) in [5.74, 6) is 1.34. The van der Waals surface area contributed by atoms with Crippen molar-refractivity contribution in [3.8, 4) is 5.88 Å². The van der Waals surface area contributed by atoms with Crippen molar-refractivity contribution in [1.82, 2.24) is 24.4 Å². The minimum absolute atomic E-state index is 0.0610. The first-order valence-electron chi connectivity index (χ1n) is 13.7. The third-order valence-corrected chi connectivity index (χ3v) is 8.86. The van der Waals surface area contributed by atoms with Crippen LogP contribution in [0.25, 0.3) is 4.96 Å². The molecule has 6 rings (SSSR count). The van der Waals surface area contributed by atoms with Crippen LogP contribution >= 0.6 is 11.3 Å². The molecule has 1 atom stereocenters. The van der Waals surface area contributed by atoms with E-state index in [-0.39, 0.29) is 18.0 Å². The van der Waals surface area contributed by atoms with Crippen LogP contribution in [0.15, 0.2) is 84.9 Å². The predicted octanol–water partition coefficient (Wildman–Crippen LogP) is 6.42. The highest BCUT2D eigenvalue weighted by Crippen LogP contribution is 2.41. The van der Waals surface area contributed by atoms with Crippen molar-refractivity contribution in [3.63, 3.8) is 0 Å². The molecule has 3 heterocycles. The number of benzene rings is 3. The fraction of sp³-hybridized carbons (Fsp3) is 0.312. The van der Waals surface area contributed by atoms with Gasteiger partial charge in [-0.3, -0.25) is 9.80 Å². The normalized spacial score (nSPS) is 15.9. The van der Waals surface area contributed by atoms with Crippen LogP contribution in [-0.4, -0.2) is 55.7 Å². The van der Waals surface area contributed by atoms with Gasteiger partial charge in [-0.05, 0) is 35.1 Å². The summed E-state index contributed by atoms with van der Waals surface area (Å²) >= 11 is 1.54. The molecule has 0 aliphatic carbocycles. The number of aromatic hydroxyl groups is 1. The fourth-order valence-electron chi connectivity index (χ4n) is 5.76. The summed E-state index contributed by atoms with van der Waals surface area (Å²) in [6, 6.07) is 30.7. The van der Waals surface area contributed by atoms with E-state index in [9.17, 15) is 5.11 Å². The summed E-state index contributed by atoms with van der Waals surface area (Å²) in [5, 5.41) is 15.7. The summed E-state index contributed by atoms with van der Waals surface area (Å²) < 4.78 is 1.59. The Labute approximate surface area is 234 Å². The first-order valence-corrected chi connectivity index (χ1v) is 14.5. The minimum Gasteiger partial charge on any atom is -0.492 e. The van der Waals surface area contributed by atoms with Crippen LogP contribution in [0, 0.1) is 6.92 Å². The third kappa shape index (κ3) is 5.10. The van der Waals surface area contributed by atoms with E-state index < -0.39 is 0 Å². The lowest BCUT2D eigenvalue weighted by Gasteiger charge is -2.42. The smallest absolute Gasteiger partial charge is 0.230 e. The molecule has 0 radical (unpaired) electrons. The molecular formula is C32H35N5OS. The highest BCUT2D eigenvalue weighted by Gasteiger charge is 2.34. The van der Waals surface area contributed by atoms with E-state index in [2.05, 4.69) is 119 Å². The van der Waals surface area contributed by atoms with Gasteiger partial charge in [0.05, 0.1) is 17.0 Å². The second-order valence-corrected chi connectivity index (χ2v) is 11.7. The lowest BCUT2D eigenvalue weighted by atomic mass is 9.95. The minimum atomic E-state index is -0.0610. The zero-order valence-corrected chi connectivity index (χ0v) is 23.6. The van der Waals surface area contributed by atoms with Gasteiger partial charge in [0, 0.05) is 26.2 Å². The standard InChI is InChI=1S/C32H35N5OS/c1-22(2)24-14-16-27(17-15-24)29(30-31(38)37-32(39-30)33-23(3)34-37)36-20-18-35(19-21-36)28(25-10-6-4-7-11-25)26-12-8-5-9-13-26/h4-17,22,28-29,38H,18-21H2,1-3H3/t29-/m0/s1. The van der Waals surface area contributed by atoms with Gasteiger partial charge in [0.1, 0.15) is 5.82 Å². The van der Waals surface area contributed by atoms with E-state index in [1.165, 1.54) is 33.6 Å². The topological polar surface area (TPSA) is 56.9 Å². The Morgan fingerprint density at radius 3 is 1.69 bits per heavy atom. The van der Waals surface area contributed by atoms with Crippen LogP contribution in [-0.2, 0) is 0 Å². The highest BCUT2D eigenvalue weighted by molar-refractivity contribution is 7.17. The molecule has 1 fully saturated rings. The summed E-state index contributed by atoms with van der Waals surface area (Å²) in [6.07, 6.45) is 0. The van der Waals surface area contributed by atoms with Crippen molar-refractivity contribution in [2.24, 2.45) is 0 Å². The fourth-order valence-corrected chi connectivity index (χ4v) is 6.92. The Morgan fingerprint density at radius 1 is 0.692 bits per heavy atom. The number of nitrogens with zero attached hydrogens (tertiary/aromatic N) is 5. The zero-order valence-electron chi connectivity index (χ0n) is 22.7. The van der Waals surface area contributed by atoms with Crippen molar-refractivity contribution >= 4 is 16.3 Å². The number of hydrogen-bond acceptors (Lipinski definition) is 6. The third-order valence-electron chi connectivity index (χ3n) is 7.78. The van der Waals surface area contributed by atoms with E-state index >= 15 is 0 Å². The Bertz CT molecular complexity index is 1480. The average Bonchev–Trinajstić information content (AvgIpc) is 3.47. The molecule has 39 heavy (non-hydrogen) atoms. The maximum Gasteiger partial charge on any atom is 0.230 e. The van der Waals surface area contributed by atoms with Gasteiger partial charge >= 0.3 is 0 Å². The van der Waals surface area contributed by atoms with Gasteiger partial charge in [0.25, 0.3) is 0 Å². The summed E-state index contributed by atoms with van der Waals surface area (Å²) in [6.45, 7) is 9.92. The van der Waals surface area contributed by atoms with Gasteiger partial charge in [-0.1, -0.05) is 110 Å². The van der Waals surface area contributed by atoms with E-state index in [4.69, 9.17) is 0 Å². The molecule has 200 valence electrons. The lowest BCUT2D eigenvalue weighted by molar-refractivity contribution is 0.0899. The molecule has 5 aromatic rings. The average molecular weight is 538 g/mol. The Kier molecular flexibility index (Phi) is 7.21. The first-order chi connectivity index (χ1) is 19.0. The molecule has 0 saturated carbocycles. The summed E-state index contributed by atoms with van der Waals surface area (Å²) in [4.78, 5) is 11.3. The SMILES string of the molecule is Cc1nc2sc([C@H](c3ccc(C(C)C)cc3)N3CCN(C(c4ccccc4)c4ccccc4)CC3)c(O)n2n1. The first kappa shape index (κ1) is 25.7. The Hall–Kier alpha value is -3.52. The molecule has 1 aliphatic rings. The van der Waals surface area contributed by atoms with Gasteiger partial charge in [-0.15, -0.1) is 5.10 Å². The maximum absolute atomic E-state index is 11.3. The zero-order chi connectivity index (χ0) is 26.9. The summed E-state index contributed by atoms with van der Waals surface area (Å²) in [5.41, 5.74) is 5.14. The molecule has 2 aromatic heterocycles. The number of rotatable bonds is 7. The molecule has 1 saturated heterocycles. The number of aryl methyl sites for hydroxylation is 1. The maximum atomic E-state index is 11.3. The van der Waals surface area contributed by atoms with Crippen LogP contribution in [0.2, 0.25) is 0 Å². The van der Waals surface area contributed by atoms with E-state index in [0.717, 1.165) is 36.0 Å². The second kappa shape index (κ2) is 10.9. The molecular weight excluding hydrogens is 502 g/mol. The van der Waals surface area contributed by atoms with Crippen molar-refractivity contribution in [3.05, 3.63) is 118 Å². The van der Waals surface area contributed by atoms with Gasteiger partial charge in [0.15, 0.2) is 0 Å². The summed E-state index contributed by atoms with van der Waals surface area (Å²) in [7, 11) is 0. The molecule has 6 nitrogen and oxygen atoms in total. The van der Waals surface area contributed by atoms with Crippen LogP contribution in [0.1, 0.15) is 64.8 Å². The van der Waals surface area contributed by atoms with Crippen molar-refractivity contribution < 1.29 is 5.11 Å². The number of hydrogen-bond donors (Lipinski definition) is 1. The molecule has 0 unspecified atom stereocenters. The molecule has 1 aliphatic heterocycles. The number of fused-ring (bicyclic) bond motifs is 1. The van der Waals surface area contributed by atoms with E-state index in [1.54, 1.807) is 4.52 Å². The van der Waals surface area contributed by atoms with Gasteiger partial charge < -0.3 is 5.11 Å². The molecule has 7 heteroatoms. The van der Waals surface area contributed by atoms with E-state index in [0.29, 0.717) is 11.7 Å².